The molecule has 0 aromatic carbocycles. The van der Waals surface area contributed by atoms with Crippen LogP contribution in [0.2, 0.25) is 0 Å². The fraction of sp³-hybridized carbons (Fsp3) is 0.824. The number of aromatic nitrogens is 1. The highest BCUT2D eigenvalue weighted by Gasteiger charge is 2.10. The lowest BCUT2D eigenvalue weighted by Gasteiger charge is -2.15. The fourth-order valence-electron chi connectivity index (χ4n) is 2.70. The smallest absolute Gasteiger partial charge is 0.0794 e. The van der Waals surface area contributed by atoms with Gasteiger partial charge in [0, 0.05) is 5.38 Å². The topological polar surface area (TPSA) is 12.9 Å². The molecular weight excluding hydrogens is 250 g/mol. The SMILES string of the molecule is CCCCCCCC(CCCCC)Cc1cscn1. The zero-order valence-corrected chi connectivity index (χ0v) is 13.7. The molecule has 0 aliphatic heterocycles. The van der Waals surface area contributed by atoms with Gasteiger partial charge in [0.15, 0.2) is 0 Å². The van der Waals surface area contributed by atoms with E-state index in [0.29, 0.717) is 0 Å². The average Bonchev–Trinajstić information content (AvgIpc) is 2.91. The van der Waals surface area contributed by atoms with E-state index in [0.717, 1.165) is 5.92 Å². The molecular formula is C17H31NS. The Balaban J connectivity index is 2.23. The Morgan fingerprint density at radius 3 is 2.21 bits per heavy atom. The van der Waals surface area contributed by atoms with Crippen molar-refractivity contribution >= 4 is 11.3 Å². The Morgan fingerprint density at radius 2 is 1.58 bits per heavy atom. The van der Waals surface area contributed by atoms with Crippen LogP contribution in [0, 0.1) is 5.92 Å². The molecule has 0 saturated carbocycles. The molecule has 0 bridgehead atoms. The molecule has 0 aliphatic rings. The van der Waals surface area contributed by atoms with Gasteiger partial charge in [0.2, 0.25) is 0 Å². The predicted octanol–water partition coefficient (Wildman–Crippen LogP) is 6.24. The normalized spacial score (nSPS) is 12.7. The van der Waals surface area contributed by atoms with E-state index >= 15 is 0 Å². The number of hydrogen-bond acceptors (Lipinski definition) is 2. The van der Waals surface area contributed by atoms with Crippen molar-refractivity contribution in [1.82, 2.24) is 4.98 Å². The first-order chi connectivity index (χ1) is 9.36. The van der Waals surface area contributed by atoms with Crippen molar-refractivity contribution in [3.8, 4) is 0 Å². The van der Waals surface area contributed by atoms with Crippen molar-refractivity contribution < 1.29 is 0 Å². The molecule has 19 heavy (non-hydrogen) atoms. The van der Waals surface area contributed by atoms with Gasteiger partial charge in [-0.05, 0) is 12.3 Å². The highest BCUT2D eigenvalue weighted by Crippen LogP contribution is 2.22. The third kappa shape index (κ3) is 8.41. The fourth-order valence-corrected chi connectivity index (χ4v) is 3.27. The van der Waals surface area contributed by atoms with Crippen LogP contribution in [0.3, 0.4) is 0 Å². The number of nitrogens with zero attached hydrogens (tertiary/aromatic N) is 1. The first-order valence-electron chi connectivity index (χ1n) is 8.23. The summed E-state index contributed by atoms with van der Waals surface area (Å²) in [6.45, 7) is 4.58. The van der Waals surface area contributed by atoms with E-state index in [-0.39, 0.29) is 0 Å². The van der Waals surface area contributed by atoms with Crippen molar-refractivity contribution in [2.75, 3.05) is 0 Å². The molecule has 2 heteroatoms. The van der Waals surface area contributed by atoms with Crippen molar-refractivity contribution in [3.63, 3.8) is 0 Å². The van der Waals surface area contributed by atoms with E-state index < -0.39 is 0 Å². The van der Waals surface area contributed by atoms with Gasteiger partial charge in [-0.2, -0.15) is 0 Å². The van der Waals surface area contributed by atoms with Crippen molar-refractivity contribution in [2.45, 2.75) is 84.5 Å². The van der Waals surface area contributed by atoms with E-state index in [1.54, 1.807) is 11.3 Å². The van der Waals surface area contributed by atoms with Crippen LogP contribution in [-0.4, -0.2) is 4.98 Å². The molecule has 110 valence electrons. The molecule has 0 spiro atoms. The minimum Gasteiger partial charge on any atom is -0.250 e. The van der Waals surface area contributed by atoms with Gasteiger partial charge >= 0.3 is 0 Å². The number of unbranched alkanes of at least 4 members (excludes halogenated alkanes) is 6. The molecule has 0 fully saturated rings. The molecule has 1 heterocycles. The molecule has 0 aliphatic carbocycles. The molecule has 1 aromatic heterocycles. The molecule has 1 rings (SSSR count). The van der Waals surface area contributed by atoms with Crippen LogP contribution in [0.5, 0.6) is 0 Å². The third-order valence-corrected chi connectivity index (χ3v) is 4.55. The number of thiazole rings is 1. The van der Waals surface area contributed by atoms with Crippen LogP contribution in [0.4, 0.5) is 0 Å². The summed E-state index contributed by atoms with van der Waals surface area (Å²) in [5.41, 5.74) is 3.29. The van der Waals surface area contributed by atoms with Gasteiger partial charge in [-0.25, -0.2) is 4.98 Å². The van der Waals surface area contributed by atoms with E-state index in [1.807, 2.05) is 5.51 Å². The summed E-state index contributed by atoms with van der Waals surface area (Å²) in [7, 11) is 0. The zero-order valence-electron chi connectivity index (χ0n) is 12.9. The van der Waals surface area contributed by atoms with Crippen molar-refractivity contribution in [2.24, 2.45) is 5.92 Å². The highest BCUT2D eigenvalue weighted by atomic mass is 32.1. The highest BCUT2D eigenvalue weighted by molar-refractivity contribution is 7.07. The minimum absolute atomic E-state index is 0.871. The summed E-state index contributed by atoms with van der Waals surface area (Å²) in [5, 5.41) is 2.23. The lowest BCUT2D eigenvalue weighted by atomic mass is 9.91. The Hall–Kier alpha value is -0.370. The molecule has 1 nitrogen and oxygen atoms in total. The first-order valence-corrected chi connectivity index (χ1v) is 9.18. The van der Waals surface area contributed by atoms with Gasteiger partial charge < -0.3 is 0 Å². The van der Waals surface area contributed by atoms with Crippen LogP contribution < -0.4 is 0 Å². The average molecular weight is 282 g/mol. The molecule has 0 saturated heterocycles. The zero-order chi connectivity index (χ0) is 13.8. The molecule has 0 N–H and O–H groups in total. The maximum atomic E-state index is 4.46. The summed E-state index contributed by atoms with van der Waals surface area (Å²) in [6, 6.07) is 0. The maximum absolute atomic E-state index is 4.46. The molecule has 0 radical (unpaired) electrons. The predicted molar refractivity (Wildman–Crippen MR) is 86.8 cm³/mol. The summed E-state index contributed by atoms with van der Waals surface area (Å²) in [6.07, 6.45) is 15.2. The maximum Gasteiger partial charge on any atom is 0.0794 e. The molecule has 1 atom stereocenters. The minimum atomic E-state index is 0.871. The van der Waals surface area contributed by atoms with Crippen LogP contribution >= 0.6 is 11.3 Å². The number of hydrogen-bond donors (Lipinski definition) is 0. The standard InChI is InChI=1S/C17H31NS/c1-3-5-7-8-10-12-16(11-9-6-4-2)13-17-14-19-15-18-17/h14-16H,3-13H2,1-2H3. The quantitative estimate of drug-likeness (QED) is 0.413. The summed E-state index contributed by atoms with van der Waals surface area (Å²) >= 11 is 1.73. The van der Waals surface area contributed by atoms with Gasteiger partial charge in [-0.3, -0.25) is 0 Å². The second-order valence-corrected chi connectivity index (χ2v) is 6.47. The Bertz CT molecular complexity index is 281. The first kappa shape index (κ1) is 16.7. The lowest BCUT2D eigenvalue weighted by Crippen LogP contribution is -2.05. The molecule has 1 aromatic rings. The van der Waals surface area contributed by atoms with Crippen LogP contribution in [0.15, 0.2) is 10.9 Å². The molecule has 0 amide bonds. The van der Waals surface area contributed by atoms with E-state index in [9.17, 15) is 0 Å². The van der Waals surface area contributed by atoms with Gasteiger partial charge in [-0.1, -0.05) is 78.1 Å². The van der Waals surface area contributed by atoms with Crippen LogP contribution in [-0.2, 0) is 6.42 Å². The summed E-state index contributed by atoms with van der Waals surface area (Å²) in [5.74, 6) is 0.871. The summed E-state index contributed by atoms with van der Waals surface area (Å²) < 4.78 is 0. The number of rotatable bonds is 12. The second-order valence-electron chi connectivity index (χ2n) is 5.75. The van der Waals surface area contributed by atoms with Gasteiger partial charge in [0.05, 0.1) is 11.2 Å². The Labute approximate surface area is 123 Å². The van der Waals surface area contributed by atoms with Crippen LogP contribution in [0.1, 0.15) is 83.7 Å². The van der Waals surface area contributed by atoms with E-state index in [2.05, 4.69) is 24.2 Å². The van der Waals surface area contributed by atoms with Crippen LogP contribution in [0.25, 0.3) is 0 Å². The van der Waals surface area contributed by atoms with Gasteiger partial charge in [-0.15, -0.1) is 11.3 Å². The summed E-state index contributed by atoms with van der Waals surface area (Å²) in [4.78, 5) is 4.46. The lowest BCUT2D eigenvalue weighted by molar-refractivity contribution is 0.402. The van der Waals surface area contributed by atoms with Gasteiger partial charge in [0.1, 0.15) is 0 Å². The van der Waals surface area contributed by atoms with Crippen molar-refractivity contribution in [1.29, 1.82) is 0 Å². The second kappa shape index (κ2) is 11.5. The Morgan fingerprint density at radius 1 is 0.947 bits per heavy atom. The third-order valence-electron chi connectivity index (χ3n) is 3.91. The van der Waals surface area contributed by atoms with Gasteiger partial charge in [0.25, 0.3) is 0 Å². The van der Waals surface area contributed by atoms with E-state index in [4.69, 9.17) is 0 Å². The van der Waals surface area contributed by atoms with Crippen molar-refractivity contribution in [3.05, 3.63) is 16.6 Å². The molecule has 1 unspecified atom stereocenters. The monoisotopic (exact) mass is 281 g/mol. The Kier molecular flexibility index (Phi) is 10.1. The van der Waals surface area contributed by atoms with E-state index in [1.165, 1.54) is 76.3 Å². The largest absolute Gasteiger partial charge is 0.250 e.